The van der Waals surface area contributed by atoms with E-state index in [1.165, 1.54) is 0 Å². The lowest BCUT2D eigenvalue weighted by Crippen LogP contribution is -2.50. The molecule has 3 rings (SSSR count). The summed E-state index contributed by atoms with van der Waals surface area (Å²) in [5, 5.41) is 7.71. The Bertz CT molecular complexity index is 746. The summed E-state index contributed by atoms with van der Waals surface area (Å²) in [4.78, 5) is 18.6. The van der Waals surface area contributed by atoms with E-state index in [0.29, 0.717) is 29.8 Å². The second-order valence-electron chi connectivity index (χ2n) is 7.41. The van der Waals surface area contributed by atoms with Gasteiger partial charge in [0.05, 0.1) is 0 Å². The number of likely N-dealkylation sites (tertiary alicyclic amines) is 1. The largest absolute Gasteiger partial charge is 0.339 e. The number of nitrogens with zero attached hydrogens (tertiary/aromatic N) is 3. The van der Waals surface area contributed by atoms with Crippen molar-refractivity contribution in [2.45, 2.75) is 45.1 Å². The van der Waals surface area contributed by atoms with Crippen molar-refractivity contribution in [2.24, 2.45) is 0 Å². The smallest absolute Gasteiger partial charge is 0.317 e. The van der Waals surface area contributed by atoms with E-state index in [-0.39, 0.29) is 17.5 Å². The number of carbonyl (C=O) groups is 1. The highest BCUT2D eigenvalue weighted by molar-refractivity contribution is 6.30. The molecule has 0 atom stereocenters. The molecule has 1 aliphatic heterocycles. The lowest BCUT2D eigenvalue weighted by molar-refractivity contribution is 0.167. The standard InChI is InChI=1S/C18H23ClN4O2/c1-18(2,3)21-17(24)23-9-7-12(8-10-23)16-20-15(22-25-16)13-5-4-6-14(19)11-13/h4-6,11-12H,7-10H2,1-3H3,(H,21,24). The number of piperidine rings is 1. The number of hydrogen-bond acceptors (Lipinski definition) is 4. The van der Waals surface area contributed by atoms with E-state index >= 15 is 0 Å². The zero-order valence-corrected chi connectivity index (χ0v) is 15.5. The van der Waals surface area contributed by atoms with E-state index in [1.807, 2.05) is 49.9 Å². The van der Waals surface area contributed by atoms with Crippen molar-refractivity contribution in [3.05, 3.63) is 35.2 Å². The third-order valence-electron chi connectivity index (χ3n) is 4.14. The molecule has 0 spiro atoms. The van der Waals surface area contributed by atoms with Crippen LogP contribution in [0.1, 0.15) is 45.4 Å². The molecule has 2 amide bonds. The minimum Gasteiger partial charge on any atom is -0.339 e. The van der Waals surface area contributed by atoms with Crippen molar-refractivity contribution >= 4 is 17.6 Å². The highest BCUT2D eigenvalue weighted by atomic mass is 35.5. The molecule has 25 heavy (non-hydrogen) atoms. The summed E-state index contributed by atoms with van der Waals surface area (Å²) in [5.41, 5.74) is 0.608. The van der Waals surface area contributed by atoms with E-state index in [0.717, 1.165) is 18.4 Å². The number of amides is 2. The van der Waals surface area contributed by atoms with E-state index in [2.05, 4.69) is 15.5 Å². The second-order valence-corrected chi connectivity index (χ2v) is 7.84. The van der Waals surface area contributed by atoms with Crippen LogP contribution in [-0.4, -0.2) is 39.7 Å². The van der Waals surface area contributed by atoms with Crippen molar-refractivity contribution in [2.75, 3.05) is 13.1 Å². The van der Waals surface area contributed by atoms with Crippen molar-refractivity contribution in [1.82, 2.24) is 20.4 Å². The van der Waals surface area contributed by atoms with Gasteiger partial charge in [-0.25, -0.2) is 4.79 Å². The first-order chi connectivity index (χ1) is 11.8. The molecule has 0 radical (unpaired) electrons. The molecule has 1 aromatic heterocycles. The van der Waals surface area contributed by atoms with Crippen molar-refractivity contribution in [3.63, 3.8) is 0 Å². The Hall–Kier alpha value is -2.08. The predicted molar refractivity (Wildman–Crippen MR) is 96.6 cm³/mol. The molecule has 1 aromatic carbocycles. The first-order valence-corrected chi connectivity index (χ1v) is 8.86. The lowest BCUT2D eigenvalue weighted by atomic mass is 9.97. The Morgan fingerprint density at radius 2 is 2.04 bits per heavy atom. The zero-order chi connectivity index (χ0) is 18.0. The Morgan fingerprint density at radius 1 is 1.32 bits per heavy atom. The van der Waals surface area contributed by atoms with Crippen molar-refractivity contribution in [3.8, 4) is 11.4 Å². The fourth-order valence-corrected chi connectivity index (χ4v) is 3.07. The van der Waals surface area contributed by atoms with E-state index in [9.17, 15) is 4.79 Å². The van der Waals surface area contributed by atoms with Crippen LogP contribution in [0.15, 0.2) is 28.8 Å². The molecule has 0 bridgehead atoms. The molecule has 0 saturated carbocycles. The van der Waals surface area contributed by atoms with E-state index in [4.69, 9.17) is 16.1 Å². The van der Waals surface area contributed by atoms with Crippen molar-refractivity contribution in [1.29, 1.82) is 0 Å². The lowest BCUT2D eigenvalue weighted by Gasteiger charge is -2.33. The molecule has 2 aromatic rings. The minimum absolute atomic E-state index is 0.0175. The van der Waals surface area contributed by atoms with Gasteiger partial charge in [0.1, 0.15) is 0 Å². The zero-order valence-electron chi connectivity index (χ0n) is 14.8. The van der Waals surface area contributed by atoms with Crippen LogP contribution in [0.2, 0.25) is 5.02 Å². The van der Waals surface area contributed by atoms with Crippen LogP contribution in [0.25, 0.3) is 11.4 Å². The van der Waals surface area contributed by atoms with Crippen LogP contribution in [0.3, 0.4) is 0 Å². The van der Waals surface area contributed by atoms with Crippen molar-refractivity contribution < 1.29 is 9.32 Å². The molecule has 7 heteroatoms. The molecule has 1 N–H and O–H groups in total. The molecule has 134 valence electrons. The fraction of sp³-hybridized carbons (Fsp3) is 0.500. The molecule has 1 aliphatic rings. The highest BCUT2D eigenvalue weighted by Crippen LogP contribution is 2.29. The first kappa shape index (κ1) is 17.7. The monoisotopic (exact) mass is 362 g/mol. The van der Waals surface area contributed by atoms with Gasteiger partial charge >= 0.3 is 6.03 Å². The number of carbonyl (C=O) groups excluding carboxylic acids is 1. The molecular formula is C18H23ClN4O2. The van der Waals surface area contributed by atoms with Crippen LogP contribution < -0.4 is 5.32 Å². The maximum atomic E-state index is 12.2. The SMILES string of the molecule is CC(C)(C)NC(=O)N1CCC(c2nc(-c3cccc(Cl)c3)no2)CC1. The van der Waals surface area contributed by atoms with Gasteiger partial charge in [-0.1, -0.05) is 28.9 Å². The van der Waals surface area contributed by atoms with Gasteiger partial charge in [0.25, 0.3) is 0 Å². The summed E-state index contributed by atoms with van der Waals surface area (Å²) in [6.07, 6.45) is 1.63. The Morgan fingerprint density at radius 3 is 2.68 bits per heavy atom. The Kier molecular flexibility index (Phi) is 4.99. The van der Waals surface area contributed by atoms with Gasteiger partial charge in [0, 0.05) is 35.1 Å². The van der Waals surface area contributed by atoms with Gasteiger partial charge in [-0.2, -0.15) is 4.98 Å². The Labute approximate surface area is 152 Å². The number of rotatable bonds is 2. The maximum absolute atomic E-state index is 12.2. The number of benzene rings is 1. The quantitative estimate of drug-likeness (QED) is 0.873. The maximum Gasteiger partial charge on any atom is 0.317 e. The fourth-order valence-electron chi connectivity index (χ4n) is 2.88. The first-order valence-electron chi connectivity index (χ1n) is 8.48. The molecule has 6 nitrogen and oxygen atoms in total. The van der Waals surface area contributed by atoms with Gasteiger partial charge in [-0.05, 0) is 45.7 Å². The van der Waals surface area contributed by atoms with Crippen LogP contribution in [0.5, 0.6) is 0 Å². The third kappa shape index (κ3) is 4.51. The van der Waals surface area contributed by atoms with Gasteiger partial charge in [0.2, 0.25) is 11.7 Å². The van der Waals surface area contributed by atoms with Gasteiger partial charge in [-0.15, -0.1) is 0 Å². The minimum atomic E-state index is -0.230. The summed E-state index contributed by atoms with van der Waals surface area (Å²) in [7, 11) is 0. The number of aromatic nitrogens is 2. The summed E-state index contributed by atoms with van der Waals surface area (Å²) >= 11 is 6.01. The third-order valence-corrected chi connectivity index (χ3v) is 4.37. The Balaban J connectivity index is 1.61. The average Bonchev–Trinajstić information content (AvgIpc) is 3.03. The molecule has 1 fully saturated rings. The topological polar surface area (TPSA) is 71.3 Å². The van der Waals surface area contributed by atoms with Crippen LogP contribution in [0, 0.1) is 0 Å². The summed E-state index contributed by atoms with van der Waals surface area (Å²) in [5.74, 6) is 1.36. The van der Waals surface area contributed by atoms with Gasteiger partial charge < -0.3 is 14.7 Å². The van der Waals surface area contributed by atoms with Crippen LogP contribution in [-0.2, 0) is 0 Å². The molecule has 0 unspecified atom stereocenters. The normalized spacial score (nSPS) is 16.1. The molecule has 1 saturated heterocycles. The van der Waals surface area contributed by atoms with Gasteiger partial charge in [0.15, 0.2) is 0 Å². The summed E-state index contributed by atoms with van der Waals surface area (Å²) in [6, 6.07) is 7.37. The van der Waals surface area contributed by atoms with Crippen LogP contribution >= 0.6 is 11.6 Å². The highest BCUT2D eigenvalue weighted by Gasteiger charge is 2.29. The number of nitrogens with one attached hydrogen (secondary N) is 1. The summed E-state index contributed by atoms with van der Waals surface area (Å²) < 4.78 is 5.45. The predicted octanol–water partition coefficient (Wildman–Crippen LogP) is 4.08. The second kappa shape index (κ2) is 7.04. The molecule has 2 heterocycles. The average molecular weight is 363 g/mol. The number of halogens is 1. The van der Waals surface area contributed by atoms with E-state index < -0.39 is 0 Å². The van der Waals surface area contributed by atoms with Gasteiger partial charge in [-0.3, -0.25) is 0 Å². The summed E-state index contributed by atoms with van der Waals surface area (Å²) in [6.45, 7) is 7.30. The number of urea groups is 1. The van der Waals surface area contributed by atoms with Crippen LogP contribution in [0.4, 0.5) is 4.79 Å². The number of hydrogen-bond donors (Lipinski definition) is 1. The molecular weight excluding hydrogens is 340 g/mol. The molecule has 0 aliphatic carbocycles. The van der Waals surface area contributed by atoms with E-state index in [1.54, 1.807) is 0 Å².